The molecule has 2 unspecified atom stereocenters. The molecule has 1 heterocycles. The van der Waals surface area contributed by atoms with Crippen LogP contribution in [0.2, 0.25) is 0 Å². The summed E-state index contributed by atoms with van der Waals surface area (Å²) in [7, 11) is 0. The van der Waals surface area contributed by atoms with Crippen molar-refractivity contribution in [3.63, 3.8) is 0 Å². The first-order chi connectivity index (χ1) is 5.59. The van der Waals surface area contributed by atoms with Gasteiger partial charge in [-0.15, -0.1) is 0 Å². The lowest BCUT2D eigenvalue weighted by Gasteiger charge is -2.35. The van der Waals surface area contributed by atoms with E-state index in [1.54, 1.807) is 0 Å². The van der Waals surface area contributed by atoms with E-state index in [-0.39, 0.29) is 6.54 Å². The second kappa shape index (κ2) is 4.51. The van der Waals surface area contributed by atoms with Gasteiger partial charge >= 0.3 is 0 Å². The van der Waals surface area contributed by atoms with Gasteiger partial charge in [-0.2, -0.15) is 0 Å². The molecule has 1 aliphatic heterocycles. The maximum atomic E-state index is 12.1. The molecule has 0 aromatic rings. The third-order valence-corrected chi connectivity index (χ3v) is 3.07. The fourth-order valence-electron chi connectivity index (χ4n) is 1.56. The van der Waals surface area contributed by atoms with E-state index >= 15 is 0 Å². The number of hydrogen-bond donors (Lipinski definition) is 0. The molecule has 0 saturated carbocycles. The predicted molar refractivity (Wildman–Crippen MR) is 49.0 cm³/mol. The van der Waals surface area contributed by atoms with Crippen molar-refractivity contribution in [1.29, 1.82) is 0 Å². The first-order valence-electron chi connectivity index (χ1n) is 4.26. The first-order valence-corrected chi connectivity index (χ1v) is 5.17. The molecule has 1 nitrogen and oxygen atoms in total. The summed E-state index contributed by atoms with van der Waals surface area (Å²) in [5, 5.41) is 0. The highest BCUT2D eigenvalue weighted by Gasteiger charge is 2.25. The van der Waals surface area contributed by atoms with Gasteiger partial charge in [0.1, 0.15) is 0 Å². The second-order valence-electron chi connectivity index (χ2n) is 3.37. The largest absolute Gasteiger partial charge is 0.294 e. The Labute approximate surface area is 80.2 Å². The normalized spacial score (nSPS) is 32.8. The molecule has 0 aliphatic carbocycles. The molecule has 12 heavy (non-hydrogen) atoms. The third kappa shape index (κ3) is 2.98. The maximum Gasteiger partial charge on any atom is 0.251 e. The quantitative estimate of drug-likeness (QED) is 0.672. The molecule has 1 aliphatic rings. The molecule has 0 spiro atoms. The van der Waals surface area contributed by atoms with Crippen molar-refractivity contribution in [2.45, 2.75) is 37.1 Å². The highest BCUT2D eigenvalue weighted by Crippen LogP contribution is 2.22. The summed E-state index contributed by atoms with van der Waals surface area (Å²) in [6, 6.07) is 0.313. The molecule has 0 aromatic carbocycles. The lowest BCUT2D eigenvalue weighted by atomic mass is 10.0. The molecule has 0 amide bonds. The highest BCUT2D eigenvalue weighted by molar-refractivity contribution is 9.09. The van der Waals surface area contributed by atoms with Crippen molar-refractivity contribution in [2.75, 3.05) is 13.1 Å². The van der Waals surface area contributed by atoms with Gasteiger partial charge in [-0.05, 0) is 19.8 Å². The van der Waals surface area contributed by atoms with Gasteiger partial charge < -0.3 is 0 Å². The molecule has 0 aromatic heterocycles. The van der Waals surface area contributed by atoms with Gasteiger partial charge in [0, 0.05) is 17.4 Å². The fraction of sp³-hybridized carbons (Fsp3) is 1.00. The van der Waals surface area contributed by atoms with E-state index in [0.29, 0.717) is 10.9 Å². The average Bonchev–Trinajstić information content (AvgIpc) is 1.96. The molecular weight excluding hydrogens is 228 g/mol. The molecule has 1 fully saturated rings. The number of piperidine rings is 1. The van der Waals surface area contributed by atoms with E-state index in [1.165, 1.54) is 0 Å². The Hall–Kier alpha value is 0.300. The van der Waals surface area contributed by atoms with E-state index < -0.39 is 6.43 Å². The summed E-state index contributed by atoms with van der Waals surface area (Å²) >= 11 is 3.46. The van der Waals surface area contributed by atoms with Crippen LogP contribution in [0, 0.1) is 0 Å². The smallest absolute Gasteiger partial charge is 0.251 e. The molecule has 0 N–H and O–H groups in total. The lowest BCUT2D eigenvalue weighted by Crippen LogP contribution is -2.44. The van der Waals surface area contributed by atoms with Gasteiger partial charge in [0.15, 0.2) is 0 Å². The predicted octanol–water partition coefficient (Wildman–Crippen LogP) is 2.50. The zero-order valence-electron chi connectivity index (χ0n) is 7.14. The zero-order valence-corrected chi connectivity index (χ0v) is 8.73. The van der Waals surface area contributed by atoms with Gasteiger partial charge in [-0.1, -0.05) is 15.9 Å². The maximum absolute atomic E-state index is 12.1. The van der Waals surface area contributed by atoms with Crippen LogP contribution in [0.4, 0.5) is 8.78 Å². The van der Waals surface area contributed by atoms with E-state index in [2.05, 4.69) is 15.9 Å². The molecule has 0 radical (unpaired) electrons. The first kappa shape index (κ1) is 10.4. The summed E-state index contributed by atoms with van der Waals surface area (Å²) in [4.78, 5) is 2.25. The van der Waals surface area contributed by atoms with Crippen LogP contribution in [0.15, 0.2) is 0 Å². The number of nitrogens with zero attached hydrogens (tertiary/aromatic N) is 1. The average molecular weight is 242 g/mol. The number of hydrogen-bond acceptors (Lipinski definition) is 1. The number of rotatable bonds is 2. The van der Waals surface area contributed by atoms with Gasteiger partial charge in [0.25, 0.3) is 6.43 Å². The Morgan fingerprint density at radius 2 is 2.17 bits per heavy atom. The summed E-state index contributed by atoms with van der Waals surface area (Å²) in [5.74, 6) is 0. The van der Waals surface area contributed by atoms with Crippen LogP contribution in [0.1, 0.15) is 19.8 Å². The lowest BCUT2D eigenvalue weighted by molar-refractivity contribution is 0.0567. The van der Waals surface area contributed by atoms with Crippen LogP contribution < -0.4 is 0 Å². The zero-order chi connectivity index (χ0) is 9.14. The van der Waals surface area contributed by atoms with Crippen molar-refractivity contribution >= 4 is 15.9 Å². The van der Waals surface area contributed by atoms with Crippen LogP contribution in [-0.2, 0) is 0 Å². The van der Waals surface area contributed by atoms with E-state index in [9.17, 15) is 8.78 Å². The van der Waals surface area contributed by atoms with Crippen LogP contribution >= 0.6 is 15.9 Å². The van der Waals surface area contributed by atoms with E-state index in [4.69, 9.17) is 0 Å². The summed E-state index contributed by atoms with van der Waals surface area (Å²) in [5.41, 5.74) is 0. The molecular formula is C8H14BrF2N. The molecule has 1 saturated heterocycles. The number of likely N-dealkylation sites (tertiary alicyclic amines) is 1. The summed E-state index contributed by atoms with van der Waals surface area (Å²) in [6.07, 6.45) is -0.0888. The van der Waals surface area contributed by atoms with Crippen molar-refractivity contribution < 1.29 is 8.78 Å². The van der Waals surface area contributed by atoms with Gasteiger partial charge in [0.2, 0.25) is 0 Å². The minimum atomic E-state index is -2.20. The Bertz CT molecular complexity index is 141. The fourth-order valence-corrected chi connectivity index (χ4v) is 2.20. The monoisotopic (exact) mass is 241 g/mol. The van der Waals surface area contributed by atoms with Crippen molar-refractivity contribution in [3.8, 4) is 0 Å². The SMILES string of the molecule is CC1CCC(Br)CN1CC(F)F. The van der Waals surface area contributed by atoms with Gasteiger partial charge in [-0.25, -0.2) is 8.78 Å². The number of halogens is 3. The van der Waals surface area contributed by atoms with E-state index in [1.807, 2.05) is 11.8 Å². The molecule has 2 atom stereocenters. The molecule has 72 valence electrons. The summed E-state index contributed by atoms with van der Waals surface area (Å²) in [6.45, 7) is 2.69. The topological polar surface area (TPSA) is 3.24 Å². The van der Waals surface area contributed by atoms with Crippen LogP contribution in [0.3, 0.4) is 0 Å². The standard InChI is InChI=1S/C8H14BrF2N/c1-6-2-3-7(9)4-12(6)5-8(10)11/h6-8H,2-5H2,1H3. The van der Waals surface area contributed by atoms with Crippen LogP contribution in [-0.4, -0.2) is 35.3 Å². The van der Waals surface area contributed by atoms with Gasteiger partial charge in [0.05, 0.1) is 6.54 Å². The van der Waals surface area contributed by atoms with Gasteiger partial charge in [-0.3, -0.25) is 4.90 Å². The third-order valence-electron chi connectivity index (χ3n) is 2.33. The Kier molecular flexibility index (Phi) is 3.90. The van der Waals surface area contributed by atoms with Crippen LogP contribution in [0.25, 0.3) is 0 Å². The van der Waals surface area contributed by atoms with E-state index in [0.717, 1.165) is 19.4 Å². The second-order valence-corrected chi connectivity index (χ2v) is 4.66. The molecule has 0 bridgehead atoms. The minimum Gasteiger partial charge on any atom is -0.294 e. The van der Waals surface area contributed by atoms with Crippen molar-refractivity contribution in [3.05, 3.63) is 0 Å². The van der Waals surface area contributed by atoms with Crippen molar-refractivity contribution in [1.82, 2.24) is 4.90 Å². The Balaban J connectivity index is 2.38. The molecule has 1 rings (SSSR count). The summed E-state index contributed by atoms with van der Waals surface area (Å²) < 4.78 is 24.1. The Morgan fingerprint density at radius 1 is 1.50 bits per heavy atom. The minimum absolute atomic E-state index is 0.0801. The molecule has 4 heteroatoms. The highest BCUT2D eigenvalue weighted by atomic mass is 79.9. The number of alkyl halides is 3. The van der Waals surface area contributed by atoms with Crippen LogP contribution in [0.5, 0.6) is 0 Å². The Morgan fingerprint density at radius 3 is 2.75 bits per heavy atom. The van der Waals surface area contributed by atoms with Crippen molar-refractivity contribution in [2.24, 2.45) is 0 Å².